The summed E-state index contributed by atoms with van der Waals surface area (Å²) >= 11 is 0. The average Bonchev–Trinajstić information content (AvgIpc) is 3.73. The maximum Gasteiger partial charge on any atom is 0.227 e. The Morgan fingerprint density at radius 3 is 1.48 bits per heavy atom. The summed E-state index contributed by atoms with van der Waals surface area (Å²) in [5, 5.41) is 29.2. The Morgan fingerprint density at radius 2 is 1.08 bits per heavy atom. The third kappa shape index (κ3) is 7.16. The van der Waals surface area contributed by atoms with Crippen molar-refractivity contribution in [3.63, 3.8) is 0 Å². The van der Waals surface area contributed by atoms with E-state index >= 15 is 0 Å². The molecule has 6 heterocycles. The molecule has 2 aliphatic heterocycles. The first-order valence-corrected chi connectivity index (χ1v) is 17.1. The minimum atomic E-state index is -0.169. The SMILES string of the molecule is N#C[C@@H]1CCOCC1n1nc(N)c2c(OCc3ccccc3)nccc21.N#C[C@H]1CCOCC1n1nc(N)c2c(OCc3ccccc3)nccc21. The van der Waals surface area contributed by atoms with Gasteiger partial charge in [-0.2, -0.15) is 20.7 Å². The van der Waals surface area contributed by atoms with Gasteiger partial charge in [-0.1, -0.05) is 60.7 Å². The summed E-state index contributed by atoms with van der Waals surface area (Å²) in [7, 11) is 0. The van der Waals surface area contributed by atoms with Crippen LogP contribution in [0, 0.1) is 34.5 Å². The summed E-state index contributed by atoms with van der Waals surface area (Å²) in [6.45, 7) is 2.86. The van der Waals surface area contributed by atoms with Crippen LogP contribution in [-0.4, -0.2) is 56.0 Å². The molecule has 0 aliphatic carbocycles. The van der Waals surface area contributed by atoms with Crippen molar-refractivity contribution in [1.29, 1.82) is 10.5 Å². The van der Waals surface area contributed by atoms with Gasteiger partial charge in [-0.15, -0.1) is 0 Å². The third-order valence-electron chi connectivity index (χ3n) is 9.27. The fraction of sp³-hybridized carbons (Fsp3) is 0.316. The lowest BCUT2D eigenvalue weighted by Crippen LogP contribution is -2.30. The standard InChI is InChI=1S/2C19H19N5O2/c2*20-10-14-7-9-25-12-16(14)24-15-6-8-22-19(17(15)18(21)23-24)26-11-13-4-2-1-3-5-13/h2*1-6,8,14,16H,7,9,11-12H2,(H2,21,23)/t2*14-,16?/m10/s1. The molecule has 0 amide bonds. The minimum Gasteiger partial charge on any atom is -0.472 e. The predicted octanol–water partition coefficient (Wildman–Crippen LogP) is 5.39. The van der Waals surface area contributed by atoms with Gasteiger partial charge in [0.15, 0.2) is 11.6 Å². The van der Waals surface area contributed by atoms with E-state index in [1.165, 1.54) is 0 Å². The summed E-state index contributed by atoms with van der Waals surface area (Å²) in [5.74, 6) is 1.26. The lowest BCUT2D eigenvalue weighted by Gasteiger charge is -2.27. The molecule has 0 bridgehead atoms. The van der Waals surface area contributed by atoms with E-state index in [1.54, 1.807) is 21.8 Å². The number of nitrogen functional groups attached to an aromatic ring is 2. The fourth-order valence-electron chi connectivity index (χ4n) is 6.57. The monoisotopic (exact) mass is 698 g/mol. The number of aromatic nitrogens is 6. The first-order chi connectivity index (χ1) is 25.6. The molecule has 4 N–H and O–H groups in total. The van der Waals surface area contributed by atoms with E-state index in [9.17, 15) is 10.5 Å². The highest BCUT2D eigenvalue weighted by Gasteiger charge is 2.32. The van der Waals surface area contributed by atoms with Gasteiger partial charge in [-0.05, 0) is 36.1 Å². The van der Waals surface area contributed by atoms with Crippen LogP contribution in [0.1, 0.15) is 36.1 Å². The molecular formula is C38H38N10O4. The zero-order valence-electron chi connectivity index (χ0n) is 28.4. The zero-order chi connectivity index (χ0) is 35.9. The Morgan fingerprint density at radius 1 is 0.654 bits per heavy atom. The maximum absolute atomic E-state index is 9.45. The van der Waals surface area contributed by atoms with Gasteiger partial charge in [-0.25, -0.2) is 9.97 Å². The molecule has 6 aromatic rings. The van der Waals surface area contributed by atoms with E-state index in [4.69, 9.17) is 30.4 Å². The molecule has 14 heteroatoms. The Bertz CT molecular complexity index is 2050. The van der Waals surface area contributed by atoms with E-state index in [0.29, 0.717) is 86.7 Å². The molecule has 14 nitrogen and oxygen atoms in total. The molecule has 2 saturated heterocycles. The number of hydrogen-bond donors (Lipinski definition) is 2. The first-order valence-electron chi connectivity index (χ1n) is 17.1. The summed E-state index contributed by atoms with van der Waals surface area (Å²) in [5.41, 5.74) is 16.0. The number of benzene rings is 2. The molecule has 2 aromatic carbocycles. The van der Waals surface area contributed by atoms with Gasteiger partial charge in [-0.3, -0.25) is 9.36 Å². The molecule has 0 saturated carbocycles. The lowest BCUT2D eigenvalue weighted by atomic mass is 9.96. The van der Waals surface area contributed by atoms with Crippen molar-refractivity contribution in [2.75, 3.05) is 37.9 Å². The van der Waals surface area contributed by atoms with Crippen LogP contribution in [0.5, 0.6) is 11.8 Å². The van der Waals surface area contributed by atoms with E-state index in [0.717, 1.165) is 22.2 Å². The van der Waals surface area contributed by atoms with Crippen LogP contribution in [0.15, 0.2) is 85.2 Å². The summed E-state index contributed by atoms with van der Waals surface area (Å²) in [6.07, 6.45) is 4.71. The van der Waals surface area contributed by atoms with Crippen molar-refractivity contribution < 1.29 is 18.9 Å². The van der Waals surface area contributed by atoms with Crippen molar-refractivity contribution in [2.24, 2.45) is 11.8 Å². The quantitative estimate of drug-likeness (QED) is 0.206. The Hall–Kier alpha value is -6.22. The van der Waals surface area contributed by atoms with Crippen LogP contribution < -0.4 is 20.9 Å². The van der Waals surface area contributed by atoms with Gasteiger partial charge in [0.25, 0.3) is 0 Å². The summed E-state index contributed by atoms with van der Waals surface area (Å²) < 4.78 is 26.5. The molecule has 4 atom stereocenters. The van der Waals surface area contributed by atoms with Crippen LogP contribution >= 0.6 is 0 Å². The zero-order valence-corrected chi connectivity index (χ0v) is 28.4. The Balaban J connectivity index is 0.000000162. The van der Waals surface area contributed by atoms with Gasteiger partial charge in [0.1, 0.15) is 24.0 Å². The number of nitriles is 2. The summed E-state index contributed by atoms with van der Waals surface area (Å²) in [6, 6.07) is 27.8. The van der Waals surface area contributed by atoms with Crippen LogP contribution in [0.3, 0.4) is 0 Å². The van der Waals surface area contributed by atoms with Crippen LogP contribution in [0.2, 0.25) is 0 Å². The second-order valence-corrected chi connectivity index (χ2v) is 12.6. The molecule has 2 aliphatic rings. The maximum atomic E-state index is 9.45. The molecule has 52 heavy (non-hydrogen) atoms. The van der Waals surface area contributed by atoms with Crippen LogP contribution in [-0.2, 0) is 22.7 Å². The van der Waals surface area contributed by atoms with Gasteiger partial charge in [0.05, 0.1) is 60.3 Å². The van der Waals surface area contributed by atoms with E-state index < -0.39 is 0 Å². The number of nitrogens with zero attached hydrogens (tertiary/aromatic N) is 8. The molecule has 0 spiro atoms. The van der Waals surface area contributed by atoms with Crippen molar-refractivity contribution in [2.45, 2.75) is 38.1 Å². The van der Waals surface area contributed by atoms with Gasteiger partial charge < -0.3 is 30.4 Å². The molecule has 0 radical (unpaired) electrons. The van der Waals surface area contributed by atoms with Crippen LogP contribution in [0.25, 0.3) is 21.8 Å². The Kier molecular flexibility index (Phi) is 10.4. The molecule has 2 unspecified atom stereocenters. The first kappa shape index (κ1) is 34.2. The van der Waals surface area contributed by atoms with Crippen molar-refractivity contribution >= 4 is 33.4 Å². The van der Waals surface area contributed by atoms with Crippen molar-refractivity contribution in [3.8, 4) is 23.9 Å². The predicted molar refractivity (Wildman–Crippen MR) is 193 cm³/mol. The lowest BCUT2D eigenvalue weighted by molar-refractivity contribution is 0.0358. The van der Waals surface area contributed by atoms with Gasteiger partial charge in [0.2, 0.25) is 11.8 Å². The largest absolute Gasteiger partial charge is 0.472 e. The smallest absolute Gasteiger partial charge is 0.227 e. The Labute approximate surface area is 300 Å². The number of anilines is 2. The van der Waals surface area contributed by atoms with Crippen LogP contribution in [0.4, 0.5) is 11.6 Å². The van der Waals surface area contributed by atoms with E-state index in [-0.39, 0.29) is 23.9 Å². The van der Waals surface area contributed by atoms with Gasteiger partial charge >= 0.3 is 0 Å². The number of ether oxygens (including phenoxy) is 4. The highest BCUT2D eigenvalue weighted by atomic mass is 16.5. The van der Waals surface area contributed by atoms with Gasteiger partial charge in [0, 0.05) is 25.6 Å². The molecular weight excluding hydrogens is 660 g/mol. The normalized spacial score (nSPS) is 20.0. The average molecular weight is 699 g/mol. The molecule has 264 valence electrons. The number of pyridine rings is 2. The minimum absolute atomic E-state index is 0.159. The number of nitrogens with two attached hydrogens (primary N) is 2. The third-order valence-corrected chi connectivity index (χ3v) is 9.27. The molecule has 4 aromatic heterocycles. The summed E-state index contributed by atoms with van der Waals surface area (Å²) in [4.78, 5) is 8.66. The van der Waals surface area contributed by atoms with Crippen molar-refractivity contribution in [1.82, 2.24) is 29.5 Å². The molecule has 2 fully saturated rings. The second kappa shape index (κ2) is 15.8. The highest BCUT2D eigenvalue weighted by molar-refractivity contribution is 5.94. The van der Waals surface area contributed by atoms with Crippen molar-refractivity contribution in [3.05, 3.63) is 96.3 Å². The molecule has 8 rings (SSSR count). The topological polar surface area (TPSA) is 198 Å². The number of hydrogen-bond acceptors (Lipinski definition) is 12. The number of rotatable bonds is 8. The van der Waals surface area contributed by atoms with E-state index in [1.807, 2.05) is 72.8 Å². The second-order valence-electron chi connectivity index (χ2n) is 12.6. The van der Waals surface area contributed by atoms with E-state index in [2.05, 4.69) is 32.3 Å². The highest BCUT2D eigenvalue weighted by Crippen LogP contribution is 2.36. The fourth-order valence-corrected chi connectivity index (χ4v) is 6.57. The number of fused-ring (bicyclic) bond motifs is 2.